The first-order valence-electron chi connectivity index (χ1n) is 4.41. The van der Waals surface area contributed by atoms with E-state index in [0.29, 0.717) is 17.9 Å². The Morgan fingerprint density at radius 1 is 1.57 bits per heavy atom. The summed E-state index contributed by atoms with van der Waals surface area (Å²) < 4.78 is 6.51. The minimum absolute atomic E-state index is 0.00880. The lowest BCUT2D eigenvalue weighted by Crippen LogP contribution is -2.29. The van der Waals surface area contributed by atoms with Crippen LogP contribution < -0.4 is 10.1 Å². The van der Waals surface area contributed by atoms with Crippen LogP contribution in [0.3, 0.4) is 0 Å². The van der Waals surface area contributed by atoms with Gasteiger partial charge in [0.05, 0.1) is 12.1 Å². The number of hydrogen-bond acceptors (Lipinski definition) is 2. The molecule has 4 heteroatoms. The van der Waals surface area contributed by atoms with Crippen molar-refractivity contribution in [1.82, 2.24) is 5.32 Å². The number of halogens is 1. The predicted octanol–water partition coefficient (Wildman–Crippen LogP) is 1.96. The normalized spacial score (nSPS) is 20.4. The monoisotopic (exact) mass is 255 g/mol. The van der Waals surface area contributed by atoms with Gasteiger partial charge in [0, 0.05) is 4.47 Å². The van der Waals surface area contributed by atoms with Crippen LogP contribution in [0.1, 0.15) is 17.3 Å². The van der Waals surface area contributed by atoms with Crippen molar-refractivity contribution in [3.05, 3.63) is 28.2 Å². The zero-order valence-corrected chi connectivity index (χ0v) is 9.30. The quantitative estimate of drug-likeness (QED) is 0.770. The van der Waals surface area contributed by atoms with E-state index in [2.05, 4.69) is 21.2 Å². The van der Waals surface area contributed by atoms with Gasteiger partial charge in [-0.15, -0.1) is 0 Å². The molecule has 1 aromatic rings. The molecule has 0 aromatic heterocycles. The summed E-state index contributed by atoms with van der Waals surface area (Å²) in [6.45, 7) is 2.47. The van der Waals surface area contributed by atoms with E-state index >= 15 is 0 Å². The molecule has 1 aliphatic heterocycles. The highest BCUT2D eigenvalue weighted by Crippen LogP contribution is 2.25. The molecule has 3 nitrogen and oxygen atoms in total. The number of amides is 1. The van der Waals surface area contributed by atoms with Crippen molar-refractivity contribution in [2.24, 2.45) is 0 Å². The average molecular weight is 256 g/mol. The molecule has 0 bridgehead atoms. The number of hydrogen-bond donors (Lipinski definition) is 1. The third kappa shape index (κ3) is 1.75. The van der Waals surface area contributed by atoms with E-state index in [1.54, 1.807) is 6.07 Å². The van der Waals surface area contributed by atoms with E-state index < -0.39 is 0 Å². The number of carbonyl (C=O) groups is 1. The SMILES string of the molecule is C[C@@H]1CNC(=O)c2ccc(Br)cc2O1. The van der Waals surface area contributed by atoms with Gasteiger partial charge in [-0.25, -0.2) is 0 Å². The van der Waals surface area contributed by atoms with Crippen molar-refractivity contribution in [3.63, 3.8) is 0 Å². The fourth-order valence-electron chi connectivity index (χ4n) is 1.37. The Kier molecular flexibility index (Phi) is 2.46. The topological polar surface area (TPSA) is 38.3 Å². The van der Waals surface area contributed by atoms with Crippen molar-refractivity contribution in [2.75, 3.05) is 6.54 Å². The Labute approximate surface area is 90.6 Å². The molecule has 1 heterocycles. The molecule has 0 saturated carbocycles. The van der Waals surface area contributed by atoms with Crippen molar-refractivity contribution in [3.8, 4) is 5.75 Å². The fraction of sp³-hybridized carbons (Fsp3) is 0.300. The zero-order chi connectivity index (χ0) is 10.1. The largest absolute Gasteiger partial charge is 0.488 e. The van der Waals surface area contributed by atoms with Crippen molar-refractivity contribution >= 4 is 21.8 Å². The number of ether oxygens (including phenoxy) is 1. The van der Waals surface area contributed by atoms with E-state index in [1.807, 2.05) is 19.1 Å². The molecule has 14 heavy (non-hydrogen) atoms. The Morgan fingerprint density at radius 3 is 3.14 bits per heavy atom. The molecule has 0 radical (unpaired) electrons. The smallest absolute Gasteiger partial charge is 0.255 e. The van der Waals surface area contributed by atoms with Crippen LogP contribution in [0.2, 0.25) is 0 Å². The minimum atomic E-state index is -0.0724. The van der Waals surface area contributed by atoms with Crippen LogP contribution in [-0.4, -0.2) is 18.6 Å². The van der Waals surface area contributed by atoms with Gasteiger partial charge in [0.15, 0.2) is 0 Å². The number of carbonyl (C=O) groups excluding carboxylic acids is 1. The first-order valence-corrected chi connectivity index (χ1v) is 5.20. The van der Waals surface area contributed by atoms with Crippen LogP contribution in [0.25, 0.3) is 0 Å². The van der Waals surface area contributed by atoms with Crippen molar-refractivity contribution in [2.45, 2.75) is 13.0 Å². The predicted molar refractivity (Wildman–Crippen MR) is 56.6 cm³/mol. The summed E-state index contributed by atoms with van der Waals surface area (Å²) in [7, 11) is 0. The molecule has 1 amide bonds. The van der Waals surface area contributed by atoms with E-state index in [1.165, 1.54) is 0 Å². The van der Waals surface area contributed by atoms with Crippen LogP contribution in [-0.2, 0) is 0 Å². The fourth-order valence-corrected chi connectivity index (χ4v) is 1.71. The first kappa shape index (κ1) is 9.52. The van der Waals surface area contributed by atoms with Gasteiger partial charge in [-0.3, -0.25) is 4.79 Å². The highest BCUT2D eigenvalue weighted by atomic mass is 79.9. The average Bonchev–Trinajstić information content (AvgIpc) is 2.26. The maximum absolute atomic E-state index is 11.6. The van der Waals surface area contributed by atoms with E-state index in [0.717, 1.165) is 4.47 Å². The highest BCUT2D eigenvalue weighted by molar-refractivity contribution is 9.10. The molecule has 2 rings (SSSR count). The summed E-state index contributed by atoms with van der Waals surface area (Å²) in [5, 5.41) is 2.79. The zero-order valence-electron chi connectivity index (χ0n) is 7.71. The third-order valence-corrected chi connectivity index (χ3v) is 2.56. The molecular formula is C10H10BrNO2. The maximum atomic E-state index is 11.6. The van der Waals surface area contributed by atoms with Crippen LogP contribution in [0.5, 0.6) is 5.75 Å². The van der Waals surface area contributed by atoms with Crippen molar-refractivity contribution < 1.29 is 9.53 Å². The van der Waals surface area contributed by atoms with Gasteiger partial charge >= 0.3 is 0 Å². The van der Waals surface area contributed by atoms with Gasteiger partial charge in [-0.1, -0.05) is 15.9 Å². The van der Waals surface area contributed by atoms with Crippen LogP contribution in [0.4, 0.5) is 0 Å². The molecule has 74 valence electrons. The molecule has 1 aliphatic rings. The summed E-state index contributed by atoms with van der Waals surface area (Å²) in [6.07, 6.45) is 0.00880. The van der Waals surface area contributed by atoms with Crippen LogP contribution in [0, 0.1) is 0 Å². The number of rotatable bonds is 0. The Balaban J connectivity index is 2.47. The molecule has 0 aliphatic carbocycles. The Bertz CT molecular complexity index is 378. The second-order valence-electron chi connectivity index (χ2n) is 3.28. The van der Waals surface area contributed by atoms with Gasteiger partial charge in [0.1, 0.15) is 11.9 Å². The molecule has 0 saturated heterocycles. The van der Waals surface area contributed by atoms with Crippen LogP contribution in [0.15, 0.2) is 22.7 Å². The summed E-state index contributed by atoms with van der Waals surface area (Å²) in [4.78, 5) is 11.6. The summed E-state index contributed by atoms with van der Waals surface area (Å²) in [5.41, 5.74) is 0.595. The number of nitrogens with one attached hydrogen (secondary N) is 1. The minimum Gasteiger partial charge on any atom is -0.488 e. The van der Waals surface area contributed by atoms with Gasteiger partial charge in [0.25, 0.3) is 5.91 Å². The summed E-state index contributed by atoms with van der Waals surface area (Å²) in [6, 6.07) is 5.40. The number of benzene rings is 1. The standard InChI is InChI=1S/C10H10BrNO2/c1-6-5-12-10(13)8-3-2-7(11)4-9(8)14-6/h2-4,6H,5H2,1H3,(H,12,13)/t6-/m1/s1. The molecule has 0 spiro atoms. The van der Waals surface area contributed by atoms with E-state index in [9.17, 15) is 4.79 Å². The van der Waals surface area contributed by atoms with Gasteiger partial charge in [-0.2, -0.15) is 0 Å². The molecule has 0 unspecified atom stereocenters. The second kappa shape index (κ2) is 3.61. The van der Waals surface area contributed by atoms with Gasteiger partial charge in [-0.05, 0) is 25.1 Å². The molecule has 0 fully saturated rings. The number of fused-ring (bicyclic) bond motifs is 1. The van der Waals surface area contributed by atoms with E-state index in [4.69, 9.17) is 4.74 Å². The second-order valence-corrected chi connectivity index (χ2v) is 4.19. The molecular weight excluding hydrogens is 246 g/mol. The third-order valence-electron chi connectivity index (χ3n) is 2.07. The van der Waals surface area contributed by atoms with Gasteiger partial charge < -0.3 is 10.1 Å². The highest BCUT2D eigenvalue weighted by Gasteiger charge is 2.19. The van der Waals surface area contributed by atoms with Crippen LogP contribution >= 0.6 is 15.9 Å². The molecule has 1 atom stereocenters. The Morgan fingerprint density at radius 2 is 2.36 bits per heavy atom. The molecule has 1 N–H and O–H groups in total. The van der Waals surface area contributed by atoms with E-state index in [-0.39, 0.29) is 12.0 Å². The summed E-state index contributed by atoms with van der Waals surface area (Å²) >= 11 is 3.34. The Hall–Kier alpha value is -1.03. The van der Waals surface area contributed by atoms with Gasteiger partial charge in [0.2, 0.25) is 0 Å². The summed E-state index contributed by atoms with van der Waals surface area (Å²) in [5.74, 6) is 0.568. The lowest BCUT2D eigenvalue weighted by molar-refractivity contribution is 0.0952. The maximum Gasteiger partial charge on any atom is 0.255 e. The lowest BCUT2D eigenvalue weighted by Gasteiger charge is -2.11. The van der Waals surface area contributed by atoms with Crippen molar-refractivity contribution in [1.29, 1.82) is 0 Å². The lowest BCUT2D eigenvalue weighted by atomic mass is 10.2. The molecule has 1 aromatic carbocycles. The first-order chi connectivity index (χ1) is 6.66.